The fourth-order valence-corrected chi connectivity index (χ4v) is 4.37. The van der Waals surface area contributed by atoms with Crippen LogP contribution in [0, 0.1) is 0 Å². The molecule has 1 amide bonds. The number of hydrogen-bond acceptors (Lipinski definition) is 6. The summed E-state index contributed by atoms with van der Waals surface area (Å²) in [5, 5.41) is 13.3. The van der Waals surface area contributed by atoms with Gasteiger partial charge in [0.25, 0.3) is 0 Å². The summed E-state index contributed by atoms with van der Waals surface area (Å²) in [6.45, 7) is 4.31. The van der Waals surface area contributed by atoms with Gasteiger partial charge in [0.05, 0.1) is 17.9 Å². The number of likely N-dealkylation sites (N-methyl/N-ethyl adjacent to an activating group) is 1. The number of fused-ring (bicyclic) bond motifs is 1. The number of aromatic nitrogens is 1. The number of nitrogens with zero attached hydrogens (tertiary/aromatic N) is 3. The third-order valence-corrected chi connectivity index (χ3v) is 6.06. The monoisotopic (exact) mass is 506 g/mol. The van der Waals surface area contributed by atoms with Crippen molar-refractivity contribution in [1.29, 1.82) is 0 Å². The molecule has 7 nitrogen and oxygen atoms in total. The molecule has 2 aromatic carbocycles. The third-order valence-electron chi connectivity index (χ3n) is 5.19. The van der Waals surface area contributed by atoms with Crippen molar-refractivity contribution in [3.8, 4) is 0 Å². The largest absolute Gasteiger partial charge is 0.490 e. The first-order valence-corrected chi connectivity index (χ1v) is 11.6. The summed E-state index contributed by atoms with van der Waals surface area (Å²) in [6.07, 6.45) is -3.97. The molecule has 0 aliphatic carbocycles. The molecule has 11 heteroatoms. The van der Waals surface area contributed by atoms with Crippen molar-refractivity contribution < 1.29 is 27.9 Å². The molecular formula is C24H25F3N4O3S. The molecule has 4 rings (SSSR count). The fourth-order valence-electron chi connectivity index (χ4n) is 3.48. The zero-order valence-electron chi connectivity index (χ0n) is 19.2. The van der Waals surface area contributed by atoms with Crippen LogP contribution in [0.25, 0.3) is 0 Å². The van der Waals surface area contributed by atoms with Crippen LogP contribution in [0.5, 0.6) is 0 Å². The number of thiazole rings is 1. The Balaban J connectivity index is 0.000000429. The van der Waals surface area contributed by atoms with E-state index in [9.17, 15) is 18.0 Å². The number of anilines is 3. The average molecular weight is 507 g/mol. The Hall–Kier alpha value is -3.44. The van der Waals surface area contributed by atoms with Gasteiger partial charge in [0.1, 0.15) is 0 Å². The number of aliphatic carboxylic acids is 1. The Morgan fingerprint density at radius 1 is 1.17 bits per heavy atom. The lowest BCUT2D eigenvalue weighted by molar-refractivity contribution is -0.192. The van der Waals surface area contributed by atoms with Crippen molar-refractivity contribution in [2.45, 2.75) is 32.6 Å². The standard InChI is InChI=1S/C22H24N4OS.C2HF3O2/c1-16(27)26(21-6-4-3-5-7-21)22-24-20(15-28-22)13-23-19-9-8-17-10-11-25(2)14-18(17)12-19;3-2(4,5)1(6)7/h3-9,12,15,23H,10-11,13-14H2,1-2H3;(H,6,7). The van der Waals surface area contributed by atoms with E-state index in [0.717, 1.165) is 36.6 Å². The fraction of sp³-hybridized carbons (Fsp3) is 0.292. The van der Waals surface area contributed by atoms with Crippen molar-refractivity contribution in [1.82, 2.24) is 9.88 Å². The van der Waals surface area contributed by atoms with Crippen molar-refractivity contribution in [2.24, 2.45) is 0 Å². The van der Waals surface area contributed by atoms with Crippen LogP contribution in [-0.4, -0.2) is 46.6 Å². The Bertz CT molecular complexity index is 1170. The smallest absolute Gasteiger partial charge is 0.475 e. The van der Waals surface area contributed by atoms with E-state index in [1.807, 2.05) is 35.7 Å². The first-order valence-electron chi connectivity index (χ1n) is 10.7. The molecule has 0 spiro atoms. The molecule has 186 valence electrons. The van der Waals surface area contributed by atoms with Crippen LogP contribution in [0.3, 0.4) is 0 Å². The second-order valence-corrected chi connectivity index (χ2v) is 8.78. The maximum Gasteiger partial charge on any atom is 0.490 e. The molecule has 0 saturated heterocycles. The molecule has 0 fully saturated rings. The highest BCUT2D eigenvalue weighted by molar-refractivity contribution is 7.14. The number of halogens is 3. The summed E-state index contributed by atoms with van der Waals surface area (Å²) in [5.41, 5.74) is 5.71. The van der Waals surface area contributed by atoms with E-state index >= 15 is 0 Å². The number of rotatable bonds is 5. The summed E-state index contributed by atoms with van der Waals surface area (Å²) in [5.74, 6) is -2.80. The van der Waals surface area contributed by atoms with Crippen LogP contribution in [0.2, 0.25) is 0 Å². The number of alkyl halides is 3. The van der Waals surface area contributed by atoms with Gasteiger partial charge in [-0.05, 0) is 48.9 Å². The predicted molar refractivity (Wildman–Crippen MR) is 129 cm³/mol. The van der Waals surface area contributed by atoms with E-state index in [0.29, 0.717) is 11.7 Å². The van der Waals surface area contributed by atoms with Crippen molar-refractivity contribution >= 4 is 39.7 Å². The molecule has 0 saturated carbocycles. The molecule has 0 bridgehead atoms. The molecule has 1 aliphatic rings. The average Bonchev–Trinajstić information content (AvgIpc) is 3.26. The van der Waals surface area contributed by atoms with Gasteiger partial charge in [0.2, 0.25) is 5.91 Å². The van der Waals surface area contributed by atoms with Crippen LogP contribution < -0.4 is 10.2 Å². The minimum absolute atomic E-state index is 0.0427. The second-order valence-electron chi connectivity index (χ2n) is 7.94. The molecule has 1 aliphatic heterocycles. The number of carbonyl (C=O) groups excluding carboxylic acids is 1. The lowest BCUT2D eigenvalue weighted by Gasteiger charge is -2.25. The molecule has 1 aromatic heterocycles. The second kappa shape index (κ2) is 11.3. The van der Waals surface area contributed by atoms with Crippen LogP contribution in [-0.2, 0) is 29.1 Å². The molecule has 35 heavy (non-hydrogen) atoms. The van der Waals surface area contributed by atoms with E-state index in [-0.39, 0.29) is 5.91 Å². The van der Waals surface area contributed by atoms with Gasteiger partial charge in [-0.25, -0.2) is 9.78 Å². The highest BCUT2D eigenvalue weighted by Gasteiger charge is 2.38. The number of para-hydroxylation sites is 1. The van der Waals surface area contributed by atoms with E-state index in [2.05, 4.69) is 40.4 Å². The lowest BCUT2D eigenvalue weighted by Crippen LogP contribution is -2.26. The number of carboxylic acid groups (broad SMARTS) is 1. The van der Waals surface area contributed by atoms with Crippen LogP contribution >= 0.6 is 11.3 Å². The summed E-state index contributed by atoms with van der Waals surface area (Å²) in [4.78, 5) is 29.7. The number of carbonyl (C=O) groups is 2. The number of carboxylic acids is 1. The molecule has 2 heterocycles. The Kier molecular flexibility index (Phi) is 8.47. The summed E-state index contributed by atoms with van der Waals surface area (Å²) >= 11 is 1.49. The first-order chi connectivity index (χ1) is 16.5. The number of benzene rings is 2. The van der Waals surface area contributed by atoms with Gasteiger partial charge in [-0.15, -0.1) is 11.3 Å². The molecular weight excluding hydrogens is 481 g/mol. The number of nitrogens with one attached hydrogen (secondary N) is 1. The lowest BCUT2D eigenvalue weighted by atomic mass is 9.99. The maximum absolute atomic E-state index is 12.2. The summed E-state index contributed by atoms with van der Waals surface area (Å²) in [6, 6.07) is 16.2. The summed E-state index contributed by atoms with van der Waals surface area (Å²) < 4.78 is 31.7. The van der Waals surface area contributed by atoms with E-state index in [1.165, 1.54) is 22.5 Å². The molecule has 0 atom stereocenters. The van der Waals surface area contributed by atoms with E-state index in [4.69, 9.17) is 9.90 Å². The van der Waals surface area contributed by atoms with Crippen molar-refractivity contribution in [3.63, 3.8) is 0 Å². The van der Waals surface area contributed by atoms with E-state index in [1.54, 1.807) is 11.8 Å². The predicted octanol–water partition coefficient (Wildman–Crippen LogP) is 5.06. The zero-order chi connectivity index (χ0) is 25.6. The van der Waals surface area contributed by atoms with Gasteiger partial charge in [-0.1, -0.05) is 24.3 Å². The first kappa shape index (κ1) is 26.2. The number of amides is 1. The van der Waals surface area contributed by atoms with Gasteiger partial charge in [0.15, 0.2) is 5.13 Å². The molecule has 3 aromatic rings. The minimum Gasteiger partial charge on any atom is -0.475 e. The number of hydrogen-bond donors (Lipinski definition) is 2. The van der Waals surface area contributed by atoms with Crippen molar-refractivity contribution in [2.75, 3.05) is 23.8 Å². The Morgan fingerprint density at radius 3 is 2.49 bits per heavy atom. The van der Waals surface area contributed by atoms with Gasteiger partial charge >= 0.3 is 12.1 Å². The quantitative estimate of drug-likeness (QED) is 0.503. The molecule has 0 unspecified atom stereocenters. The highest BCUT2D eigenvalue weighted by atomic mass is 32.1. The van der Waals surface area contributed by atoms with Gasteiger partial charge < -0.3 is 15.3 Å². The Labute approximate surface area is 204 Å². The summed E-state index contributed by atoms with van der Waals surface area (Å²) in [7, 11) is 2.16. The van der Waals surface area contributed by atoms with E-state index < -0.39 is 12.1 Å². The van der Waals surface area contributed by atoms with Crippen molar-refractivity contribution in [3.05, 3.63) is 70.7 Å². The molecule has 2 N–H and O–H groups in total. The van der Waals surface area contributed by atoms with Gasteiger partial charge in [-0.2, -0.15) is 13.2 Å². The normalized spacial score (nSPS) is 13.3. The van der Waals surface area contributed by atoms with Crippen LogP contribution in [0.15, 0.2) is 53.9 Å². The minimum atomic E-state index is -5.08. The SMILES string of the molecule is CC(=O)N(c1ccccc1)c1nc(CNc2ccc3c(c2)CN(C)CC3)cs1.O=C(O)C(F)(F)F. The van der Waals surface area contributed by atoms with Crippen LogP contribution in [0.1, 0.15) is 23.7 Å². The van der Waals surface area contributed by atoms with Gasteiger partial charge in [0, 0.05) is 31.1 Å². The molecule has 0 radical (unpaired) electrons. The Morgan fingerprint density at radius 2 is 1.86 bits per heavy atom. The highest BCUT2D eigenvalue weighted by Crippen LogP contribution is 2.29. The zero-order valence-corrected chi connectivity index (χ0v) is 20.0. The van der Waals surface area contributed by atoms with Gasteiger partial charge in [-0.3, -0.25) is 9.69 Å². The third kappa shape index (κ3) is 7.27. The maximum atomic E-state index is 12.2. The topological polar surface area (TPSA) is 85.8 Å². The van der Waals surface area contributed by atoms with Crippen LogP contribution in [0.4, 0.5) is 29.7 Å².